The predicted molar refractivity (Wildman–Crippen MR) is 109 cm³/mol. The third kappa shape index (κ3) is 3.88. The molecule has 1 N–H and O–H groups in total. The van der Waals surface area contributed by atoms with Gasteiger partial charge in [-0.25, -0.2) is 9.97 Å². The maximum absolute atomic E-state index is 12.9. The van der Waals surface area contributed by atoms with Crippen molar-refractivity contribution < 1.29 is 4.79 Å². The van der Waals surface area contributed by atoms with Crippen molar-refractivity contribution in [3.63, 3.8) is 0 Å². The molecule has 28 heavy (non-hydrogen) atoms. The van der Waals surface area contributed by atoms with E-state index in [0.717, 1.165) is 32.2 Å². The molecule has 2 aromatic heterocycles. The topological polar surface area (TPSA) is 80.1 Å². The number of carbonyl (C=O) groups is 1. The van der Waals surface area contributed by atoms with Gasteiger partial charge in [0.2, 0.25) is 5.91 Å². The number of aromatic nitrogens is 3. The molecule has 7 heteroatoms. The predicted octanol–water partition coefficient (Wildman–Crippen LogP) is 2.38. The van der Waals surface area contributed by atoms with Gasteiger partial charge in [0.25, 0.3) is 5.56 Å². The number of carbonyl (C=O) groups excluding carboxylic acids is 1. The van der Waals surface area contributed by atoms with E-state index >= 15 is 0 Å². The van der Waals surface area contributed by atoms with Gasteiger partial charge in [-0.2, -0.15) is 0 Å². The van der Waals surface area contributed by atoms with Gasteiger partial charge < -0.3 is 10.2 Å². The molecule has 1 aliphatic carbocycles. The second-order valence-electron chi connectivity index (χ2n) is 8.13. The molecule has 150 valence electrons. The summed E-state index contributed by atoms with van der Waals surface area (Å²) in [6.45, 7) is 1.30. The smallest absolute Gasteiger partial charge is 0.294 e. The largest absolute Gasteiger partial charge is 0.353 e. The Morgan fingerprint density at radius 1 is 1.14 bits per heavy atom. The second-order valence-corrected chi connectivity index (χ2v) is 8.13. The maximum Gasteiger partial charge on any atom is 0.294 e. The van der Waals surface area contributed by atoms with Gasteiger partial charge in [-0.15, -0.1) is 0 Å². The Bertz CT molecular complexity index is 901. The first-order valence-corrected chi connectivity index (χ1v) is 10.5. The Morgan fingerprint density at radius 3 is 2.71 bits per heavy atom. The van der Waals surface area contributed by atoms with Crippen LogP contribution < -0.4 is 15.8 Å². The monoisotopic (exact) mass is 383 g/mol. The van der Waals surface area contributed by atoms with Crippen molar-refractivity contribution in [1.29, 1.82) is 0 Å². The van der Waals surface area contributed by atoms with E-state index in [4.69, 9.17) is 0 Å². The lowest BCUT2D eigenvalue weighted by atomic mass is 9.96. The first-order valence-electron chi connectivity index (χ1n) is 10.5. The summed E-state index contributed by atoms with van der Waals surface area (Å²) in [5.41, 5.74) is 1.12. The van der Waals surface area contributed by atoms with Gasteiger partial charge in [0.15, 0.2) is 11.5 Å². The Balaban J connectivity index is 1.51. The van der Waals surface area contributed by atoms with Crippen molar-refractivity contribution in [2.75, 3.05) is 18.0 Å². The van der Waals surface area contributed by atoms with E-state index in [9.17, 15) is 9.59 Å². The van der Waals surface area contributed by atoms with Crippen LogP contribution in [0.3, 0.4) is 0 Å². The highest BCUT2D eigenvalue weighted by Gasteiger charge is 2.29. The van der Waals surface area contributed by atoms with Crippen LogP contribution in [0.1, 0.15) is 51.4 Å². The fourth-order valence-electron chi connectivity index (χ4n) is 4.47. The summed E-state index contributed by atoms with van der Waals surface area (Å²) in [6, 6.07) is 4.00. The van der Waals surface area contributed by atoms with Crippen molar-refractivity contribution >= 4 is 22.9 Å². The minimum atomic E-state index is -0.156. The summed E-state index contributed by atoms with van der Waals surface area (Å²) in [6.07, 6.45) is 10.5. The number of rotatable bonds is 3. The highest BCUT2D eigenvalue weighted by Crippen LogP contribution is 2.23. The minimum Gasteiger partial charge on any atom is -0.353 e. The third-order valence-corrected chi connectivity index (χ3v) is 6.10. The molecule has 7 nitrogen and oxygen atoms in total. The van der Waals surface area contributed by atoms with E-state index in [1.165, 1.54) is 25.7 Å². The van der Waals surface area contributed by atoms with Gasteiger partial charge in [0.1, 0.15) is 5.52 Å². The van der Waals surface area contributed by atoms with Gasteiger partial charge in [-0.1, -0.05) is 25.7 Å². The number of piperidine rings is 1. The second kappa shape index (κ2) is 8.29. The fourth-order valence-corrected chi connectivity index (χ4v) is 4.47. The van der Waals surface area contributed by atoms with Crippen LogP contribution in [-0.4, -0.2) is 39.6 Å². The summed E-state index contributed by atoms with van der Waals surface area (Å²) in [4.78, 5) is 36.5. The number of fused-ring (bicyclic) bond motifs is 1. The Hall–Kier alpha value is -2.44. The van der Waals surface area contributed by atoms with Crippen molar-refractivity contribution in [2.45, 2.75) is 57.4 Å². The molecule has 1 aliphatic heterocycles. The number of hydrogen-bond acceptors (Lipinski definition) is 5. The lowest BCUT2D eigenvalue weighted by Gasteiger charge is -2.33. The third-order valence-electron chi connectivity index (χ3n) is 6.10. The summed E-state index contributed by atoms with van der Waals surface area (Å²) in [7, 11) is 1.73. The van der Waals surface area contributed by atoms with Crippen LogP contribution in [0.25, 0.3) is 11.2 Å². The minimum absolute atomic E-state index is 0.0897. The number of nitrogens with one attached hydrogen (secondary N) is 1. The summed E-state index contributed by atoms with van der Waals surface area (Å²) in [5.74, 6) is 0.471. The summed E-state index contributed by atoms with van der Waals surface area (Å²) in [5, 5.41) is 3.28. The Morgan fingerprint density at radius 2 is 1.93 bits per heavy atom. The molecule has 0 bridgehead atoms. The van der Waals surface area contributed by atoms with Crippen LogP contribution in [0, 0.1) is 5.92 Å². The van der Waals surface area contributed by atoms with E-state index in [0.29, 0.717) is 29.6 Å². The van der Waals surface area contributed by atoms with Crippen LogP contribution in [0.4, 0.5) is 5.82 Å². The molecule has 0 spiro atoms. The summed E-state index contributed by atoms with van der Waals surface area (Å²) < 4.78 is 1.55. The fraction of sp³-hybridized carbons (Fsp3) is 0.619. The van der Waals surface area contributed by atoms with Gasteiger partial charge in [-0.05, 0) is 37.8 Å². The zero-order chi connectivity index (χ0) is 19.5. The normalized spacial score (nSPS) is 21.5. The van der Waals surface area contributed by atoms with Gasteiger partial charge in [-0.3, -0.25) is 14.2 Å². The van der Waals surface area contributed by atoms with Crippen molar-refractivity contribution in [1.82, 2.24) is 19.9 Å². The van der Waals surface area contributed by atoms with Gasteiger partial charge in [0, 0.05) is 32.4 Å². The first-order chi connectivity index (χ1) is 13.6. The van der Waals surface area contributed by atoms with Gasteiger partial charge >= 0.3 is 0 Å². The standard InChI is InChI=1S/C21H29N5O2/c1-25-18-17(11-6-12-22-18)24-19(21(25)28)26-13-7-8-15(14-26)20(27)23-16-9-4-2-3-5-10-16/h6,11-12,15-16H,2-5,7-10,13-14H2,1H3,(H,23,27)/t15-/m1/s1. The quantitative estimate of drug-likeness (QED) is 0.823. The zero-order valence-electron chi connectivity index (χ0n) is 16.6. The molecule has 1 saturated heterocycles. The number of anilines is 1. The summed E-state index contributed by atoms with van der Waals surface area (Å²) >= 11 is 0. The molecular weight excluding hydrogens is 354 g/mol. The molecule has 1 saturated carbocycles. The van der Waals surface area contributed by atoms with E-state index in [-0.39, 0.29) is 17.4 Å². The molecule has 2 aliphatic rings. The lowest BCUT2D eigenvalue weighted by molar-refractivity contribution is -0.126. The van der Waals surface area contributed by atoms with Crippen molar-refractivity contribution in [3.8, 4) is 0 Å². The maximum atomic E-state index is 12.9. The van der Waals surface area contributed by atoms with E-state index < -0.39 is 0 Å². The lowest BCUT2D eigenvalue weighted by Crippen LogP contribution is -2.47. The van der Waals surface area contributed by atoms with E-state index in [1.54, 1.807) is 17.8 Å². The first kappa shape index (κ1) is 18.9. The molecule has 3 heterocycles. The molecule has 4 rings (SSSR count). The molecule has 2 fully saturated rings. The number of pyridine rings is 1. The molecule has 0 radical (unpaired) electrons. The van der Waals surface area contributed by atoms with E-state index in [2.05, 4.69) is 15.3 Å². The highest BCUT2D eigenvalue weighted by atomic mass is 16.2. The van der Waals surface area contributed by atoms with Crippen LogP contribution in [0.5, 0.6) is 0 Å². The highest BCUT2D eigenvalue weighted by molar-refractivity contribution is 5.80. The molecule has 1 amide bonds. The van der Waals surface area contributed by atoms with E-state index in [1.807, 2.05) is 17.0 Å². The van der Waals surface area contributed by atoms with Crippen molar-refractivity contribution in [3.05, 3.63) is 28.7 Å². The molecule has 0 aromatic carbocycles. The van der Waals surface area contributed by atoms with Crippen LogP contribution in [0.15, 0.2) is 23.1 Å². The average Bonchev–Trinajstić information content (AvgIpc) is 2.99. The average molecular weight is 383 g/mol. The molecule has 2 aromatic rings. The molecule has 0 unspecified atom stereocenters. The van der Waals surface area contributed by atoms with Crippen LogP contribution in [0.2, 0.25) is 0 Å². The Labute approximate surface area is 165 Å². The molecular formula is C21H29N5O2. The Kier molecular flexibility index (Phi) is 5.59. The molecule has 1 atom stereocenters. The van der Waals surface area contributed by atoms with Crippen LogP contribution >= 0.6 is 0 Å². The number of nitrogens with zero attached hydrogens (tertiary/aromatic N) is 4. The number of amides is 1. The zero-order valence-corrected chi connectivity index (χ0v) is 16.6. The van der Waals surface area contributed by atoms with Gasteiger partial charge in [0.05, 0.1) is 5.92 Å². The van der Waals surface area contributed by atoms with Crippen molar-refractivity contribution in [2.24, 2.45) is 13.0 Å². The number of hydrogen-bond donors (Lipinski definition) is 1. The van der Waals surface area contributed by atoms with Crippen LogP contribution in [-0.2, 0) is 11.8 Å². The number of aryl methyl sites for hydroxylation is 1. The SMILES string of the molecule is Cn1c(=O)c(N2CCC[C@@H](C(=O)NC3CCCCCC3)C2)nc2cccnc21.